The maximum atomic E-state index is 11.5. The summed E-state index contributed by atoms with van der Waals surface area (Å²) in [6.07, 6.45) is 0.802. The molecule has 0 heterocycles. The van der Waals surface area contributed by atoms with Gasteiger partial charge >= 0.3 is 6.03 Å². The third-order valence-corrected chi connectivity index (χ3v) is 2.79. The number of halogens is 1. The second-order valence-corrected chi connectivity index (χ2v) is 4.09. The molecule has 1 aromatic carbocycles. The molecule has 17 heavy (non-hydrogen) atoms. The summed E-state index contributed by atoms with van der Waals surface area (Å²) >= 11 is 5.95. The predicted molar refractivity (Wildman–Crippen MR) is 71.7 cm³/mol. The van der Waals surface area contributed by atoms with Gasteiger partial charge in [0.25, 0.3) is 0 Å². The molecule has 0 atom stereocenters. The highest BCUT2D eigenvalue weighted by Gasteiger charge is 2.05. The summed E-state index contributed by atoms with van der Waals surface area (Å²) in [7, 11) is 0. The van der Waals surface area contributed by atoms with E-state index in [1.54, 1.807) is 18.2 Å². The average Bonchev–Trinajstić information content (AvgIpc) is 2.32. The maximum Gasteiger partial charge on any atom is 0.339 e. The molecular formula is C12H16ClN3O. The molecule has 5 heteroatoms. The Hall–Kier alpha value is -1.55. The van der Waals surface area contributed by atoms with Crippen molar-refractivity contribution in [3.8, 4) is 0 Å². The van der Waals surface area contributed by atoms with E-state index >= 15 is 0 Å². The first kappa shape index (κ1) is 13.5. The first-order valence-corrected chi connectivity index (χ1v) is 5.77. The molecule has 0 spiro atoms. The van der Waals surface area contributed by atoms with Crippen LogP contribution in [0.2, 0.25) is 5.02 Å². The minimum atomic E-state index is -0.372. The minimum absolute atomic E-state index is 0.372. The quantitative estimate of drug-likeness (QED) is 0.628. The summed E-state index contributed by atoms with van der Waals surface area (Å²) in [4.78, 5) is 11.5. The average molecular weight is 254 g/mol. The summed E-state index contributed by atoms with van der Waals surface area (Å²) < 4.78 is 0. The van der Waals surface area contributed by atoms with E-state index in [1.807, 2.05) is 20.8 Å². The lowest BCUT2D eigenvalue weighted by Crippen LogP contribution is -2.25. The number of benzene rings is 1. The van der Waals surface area contributed by atoms with Crippen LogP contribution in [-0.4, -0.2) is 11.7 Å². The highest BCUT2D eigenvalue weighted by molar-refractivity contribution is 6.31. The highest BCUT2D eigenvalue weighted by atomic mass is 35.5. The first-order valence-electron chi connectivity index (χ1n) is 5.39. The Morgan fingerprint density at radius 3 is 2.82 bits per heavy atom. The molecule has 2 N–H and O–H groups in total. The number of nitrogens with one attached hydrogen (secondary N) is 2. The van der Waals surface area contributed by atoms with Crippen molar-refractivity contribution in [2.45, 2.75) is 27.2 Å². The Kier molecular flexibility index (Phi) is 4.97. The molecule has 0 aromatic heterocycles. The van der Waals surface area contributed by atoms with Crippen LogP contribution in [0.4, 0.5) is 10.5 Å². The van der Waals surface area contributed by atoms with Gasteiger partial charge in [0.15, 0.2) is 0 Å². The van der Waals surface area contributed by atoms with Gasteiger partial charge in [-0.1, -0.05) is 24.6 Å². The lowest BCUT2D eigenvalue weighted by atomic mass is 10.2. The highest BCUT2D eigenvalue weighted by Crippen LogP contribution is 2.22. The van der Waals surface area contributed by atoms with Crippen LogP contribution in [0.15, 0.2) is 23.3 Å². The second kappa shape index (κ2) is 6.25. The van der Waals surface area contributed by atoms with Crippen LogP contribution < -0.4 is 10.7 Å². The van der Waals surface area contributed by atoms with Crippen LogP contribution in [0.1, 0.15) is 25.8 Å². The molecule has 0 aliphatic rings. The zero-order chi connectivity index (χ0) is 12.8. The van der Waals surface area contributed by atoms with Gasteiger partial charge in [0.1, 0.15) is 0 Å². The first-order chi connectivity index (χ1) is 8.04. The predicted octanol–water partition coefficient (Wildman–Crippen LogP) is 3.56. The van der Waals surface area contributed by atoms with Crippen LogP contribution in [0.5, 0.6) is 0 Å². The molecule has 1 aromatic rings. The second-order valence-electron chi connectivity index (χ2n) is 3.68. The molecule has 4 nitrogen and oxygen atoms in total. The van der Waals surface area contributed by atoms with Crippen molar-refractivity contribution in [1.82, 2.24) is 5.43 Å². The number of hydrogen-bond acceptors (Lipinski definition) is 2. The minimum Gasteiger partial charge on any atom is -0.306 e. The largest absolute Gasteiger partial charge is 0.339 e. The molecule has 0 aliphatic heterocycles. The monoisotopic (exact) mass is 253 g/mol. The van der Waals surface area contributed by atoms with Crippen LogP contribution >= 0.6 is 11.6 Å². The third kappa shape index (κ3) is 4.07. The summed E-state index contributed by atoms with van der Waals surface area (Å²) in [5.74, 6) is 0. The zero-order valence-corrected chi connectivity index (χ0v) is 10.9. The van der Waals surface area contributed by atoms with Gasteiger partial charge in [-0.3, -0.25) is 0 Å². The van der Waals surface area contributed by atoms with Crippen molar-refractivity contribution in [1.29, 1.82) is 0 Å². The van der Waals surface area contributed by atoms with E-state index in [9.17, 15) is 4.79 Å². The zero-order valence-electron chi connectivity index (χ0n) is 10.2. The molecule has 0 saturated carbocycles. The number of urea groups is 1. The molecular weight excluding hydrogens is 238 g/mol. The van der Waals surface area contributed by atoms with Crippen LogP contribution in [0, 0.1) is 6.92 Å². The van der Waals surface area contributed by atoms with E-state index in [4.69, 9.17) is 11.6 Å². The summed E-state index contributed by atoms with van der Waals surface area (Å²) in [5, 5.41) is 7.22. The molecule has 0 bridgehead atoms. The van der Waals surface area contributed by atoms with Gasteiger partial charge in [-0.15, -0.1) is 0 Å². The standard InChI is InChI=1S/C12H16ClN3O/c1-4-8(2)15-16-12(17)14-11-7-5-6-10(13)9(11)3/h5-7H,4H2,1-3H3,(H2,14,16,17)/b15-8+. The number of carbonyl (C=O) groups is 1. The fraction of sp³-hybridized carbons (Fsp3) is 0.333. The molecule has 1 rings (SSSR count). The van der Waals surface area contributed by atoms with E-state index in [1.165, 1.54) is 0 Å². The number of anilines is 1. The van der Waals surface area contributed by atoms with E-state index in [0.29, 0.717) is 10.7 Å². The molecule has 0 saturated heterocycles. The van der Waals surface area contributed by atoms with E-state index in [2.05, 4.69) is 15.8 Å². The number of nitrogens with zero attached hydrogens (tertiary/aromatic N) is 1. The van der Waals surface area contributed by atoms with E-state index in [0.717, 1.165) is 17.7 Å². The van der Waals surface area contributed by atoms with Gasteiger partial charge in [-0.2, -0.15) is 5.10 Å². The van der Waals surface area contributed by atoms with Crippen molar-refractivity contribution >= 4 is 29.0 Å². The summed E-state index contributed by atoms with van der Waals surface area (Å²) in [6.45, 7) is 5.67. The lowest BCUT2D eigenvalue weighted by Gasteiger charge is -2.08. The Labute approximate surface area is 106 Å². The molecule has 0 radical (unpaired) electrons. The third-order valence-electron chi connectivity index (χ3n) is 2.38. The number of carbonyl (C=O) groups excluding carboxylic acids is 1. The Morgan fingerprint density at radius 2 is 2.18 bits per heavy atom. The molecule has 0 aliphatic carbocycles. The smallest absolute Gasteiger partial charge is 0.306 e. The molecule has 0 unspecified atom stereocenters. The Morgan fingerprint density at radius 1 is 1.47 bits per heavy atom. The maximum absolute atomic E-state index is 11.5. The van der Waals surface area contributed by atoms with Gasteiger partial charge in [0.05, 0.1) is 0 Å². The van der Waals surface area contributed by atoms with Crippen molar-refractivity contribution in [3.63, 3.8) is 0 Å². The van der Waals surface area contributed by atoms with Crippen LogP contribution in [0.25, 0.3) is 0 Å². The topological polar surface area (TPSA) is 53.5 Å². The normalized spacial score (nSPS) is 11.2. The van der Waals surface area contributed by atoms with E-state index < -0.39 is 0 Å². The van der Waals surface area contributed by atoms with Gasteiger partial charge in [-0.05, 0) is 38.0 Å². The van der Waals surface area contributed by atoms with Gasteiger partial charge in [0.2, 0.25) is 0 Å². The van der Waals surface area contributed by atoms with Crippen molar-refractivity contribution in [2.75, 3.05) is 5.32 Å². The SMILES string of the molecule is CC/C(C)=N/NC(=O)Nc1cccc(Cl)c1C. The Bertz CT molecular complexity index is 443. The molecule has 2 amide bonds. The number of amides is 2. The van der Waals surface area contributed by atoms with Crippen LogP contribution in [0.3, 0.4) is 0 Å². The Balaban J connectivity index is 2.66. The fourth-order valence-corrected chi connectivity index (χ4v) is 1.29. The lowest BCUT2D eigenvalue weighted by molar-refractivity contribution is 0.252. The van der Waals surface area contributed by atoms with Crippen molar-refractivity contribution in [3.05, 3.63) is 28.8 Å². The summed E-state index contributed by atoms with van der Waals surface area (Å²) in [6, 6.07) is 4.98. The molecule has 92 valence electrons. The van der Waals surface area contributed by atoms with Crippen molar-refractivity contribution in [2.24, 2.45) is 5.10 Å². The number of hydrogen-bond donors (Lipinski definition) is 2. The van der Waals surface area contributed by atoms with Gasteiger partial charge in [-0.25, -0.2) is 10.2 Å². The van der Waals surface area contributed by atoms with Gasteiger partial charge in [0, 0.05) is 16.4 Å². The van der Waals surface area contributed by atoms with Gasteiger partial charge < -0.3 is 5.32 Å². The number of hydrazone groups is 1. The molecule has 0 fully saturated rings. The number of rotatable bonds is 3. The van der Waals surface area contributed by atoms with Crippen LogP contribution in [-0.2, 0) is 0 Å². The summed E-state index contributed by atoms with van der Waals surface area (Å²) in [5.41, 5.74) is 4.80. The van der Waals surface area contributed by atoms with Crippen molar-refractivity contribution < 1.29 is 4.79 Å². The van der Waals surface area contributed by atoms with E-state index in [-0.39, 0.29) is 6.03 Å². The fourth-order valence-electron chi connectivity index (χ4n) is 1.12.